The number of nitrogens with one attached hydrogen (secondary N) is 1. The van der Waals surface area contributed by atoms with Gasteiger partial charge in [-0.25, -0.2) is 12.8 Å². The van der Waals surface area contributed by atoms with E-state index >= 15 is 0 Å². The summed E-state index contributed by atoms with van der Waals surface area (Å²) >= 11 is 0. The van der Waals surface area contributed by atoms with Gasteiger partial charge in [0.15, 0.2) is 0 Å². The van der Waals surface area contributed by atoms with Gasteiger partial charge in [0, 0.05) is 6.04 Å². The maximum Gasteiger partial charge on any atom is 0.232 e. The molecule has 1 heterocycles. The fourth-order valence-corrected chi connectivity index (χ4v) is 4.86. The molecule has 1 saturated heterocycles. The van der Waals surface area contributed by atoms with Crippen molar-refractivity contribution in [2.75, 3.05) is 17.1 Å². The third-order valence-electron chi connectivity index (χ3n) is 4.23. The molecule has 0 bridgehead atoms. The zero-order valence-electron chi connectivity index (χ0n) is 12.8. The maximum atomic E-state index is 13.6. The zero-order valence-corrected chi connectivity index (χ0v) is 13.6. The van der Waals surface area contributed by atoms with Gasteiger partial charge in [0.05, 0.1) is 17.5 Å². The van der Waals surface area contributed by atoms with E-state index in [2.05, 4.69) is 12.2 Å². The van der Waals surface area contributed by atoms with Crippen LogP contribution >= 0.6 is 0 Å². The average Bonchev–Trinajstić information content (AvgIpc) is 2.37. The molecule has 1 aromatic carbocycles. The van der Waals surface area contributed by atoms with Crippen molar-refractivity contribution in [3.63, 3.8) is 0 Å². The van der Waals surface area contributed by atoms with Crippen molar-refractivity contribution in [3.8, 4) is 0 Å². The Bertz CT molecular complexity index is 605. The van der Waals surface area contributed by atoms with E-state index in [0.29, 0.717) is 18.5 Å². The van der Waals surface area contributed by atoms with Gasteiger partial charge in [-0.15, -0.1) is 0 Å². The lowest BCUT2D eigenvalue weighted by Gasteiger charge is -2.47. The van der Waals surface area contributed by atoms with Gasteiger partial charge in [0.2, 0.25) is 10.0 Å². The quantitative estimate of drug-likeness (QED) is 0.929. The van der Waals surface area contributed by atoms with Gasteiger partial charge in [0.1, 0.15) is 5.82 Å². The molecule has 4 nitrogen and oxygen atoms in total. The standard InChI is InChI=1S/C15H23FN2O2S/c1-4-15(8-9-17-12(2)11-15)18(21(3,19)20)14-7-5-6-13(16)10-14/h5-7,10,12,17H,4,8-9,11H2,1-3H3. The predicted octanol–water partition coefficient (Wildman–Crippen LogP) is 2.51. The van der Waals surface area contributed by atoms with Crippen molar-refractivity contribution in [2.45, 2.75) is 44.7 Å². The highest BCUT2D eigenvalue weighted by atomic mass is 32.2. The molecule has 2 rings (SSSR count). The summed E-state index contributed by atoms with van der Waals surface area (Å²) in [6.45, 7) is 4.81. The maximum absolute atomic E-state index is 13.6. The number of piperidine rings is 1. The van der Waals surface area contributed by atoms with Crippen LogP contribution in [0.15, 0.2) is 24.3 Å². The molecule has 21 heavy (non-hydrogen) atoms. The summed E-state index contributed by atoms with van der Waals surface area (Å²) in [5.41, 5.74) is -0.0834. The smallest absolute Gasteiger partial charge is 0.232 e. The molecular formula is C15H23FN2O2S. The first-order chi connectivity index (χ1) is 9.78. The number of hydrogen-bond donors (Lipinski definition) is 1. The summed E-state index contributed by atoms with van der Waals surface area (Å²) in [5.74, 6) is -0.422. The van der Waals surface area contributed by atoms with Gasteiger partial charge < -0.3 is 5.32 Å². The Morgan fingerprint density at radius 1 is 1.48 bits per heavy atom. The molecule has 1 aliphatic rings. The molecule has 1 N–H and O–H groups in total. The second kappa shape index (κ2) is 5.93. The van der Waals surface area contributed by atoms with E-state index in [-0.39, 0.29) is 6.04 Å². The molecule has 2 unspecified atom stereocenters. The highest BCUT2D eigenvalue weighted by Crippen LogP contribution is 2.37. The molecule has 0 saturated carbocycles. The Morgan fingerprint density at radius 3 is 2.71 bits per heavy atom. The van der Waals surface area contributed by atoms with Gasteiger partial charge >= 0.3 is 0 Å². The van der Waals surface area contributed by atoms with Crippen molar-refractivity contribution in [1.29, 1.82) is 0 Å². The molecule has 1 aliphatic heterocycles. The van der Waals surface area contributed by atoms with Crippen molar-refractivity contribution in [2.24, 2.45) is 0 Å². The Hall–Kier alpha value is -1.14. The van der Waals surface area contributed by atoms with Crippen molar-refractivity contribution >= 4 is 15.7 Å². The molecular weight excluding hydrogens is 291 g/mol. The summed E-state index contributed by atoms with van der Waals surface area (Å²) in [4.78, 5) is 0. The molecule has 118 valence electrons. The molecule has 0 spiro atoms. The summed E-state index contributed by atoms with van der Waals surface area (Å²) in [5, 5.41) is 3.34. The van der Waals surface area contributed by atoms with E-state index in [1.165, 1.54) is 22.7 Å². The van der Waals surface area contributed by atoms with E-state index in [1.54, 1.807) is 12.1 Å². The number of halogens is 1. The van der Waals surface area contributed by atoms with Crippen LogP contribution in [0.4, 0.5) is 10.1 Å². The van der Waals surface area contributed by atoms with Crippen molar-refractivity contribution in [3.05, 3.63) is 30.1 Å². The minimum atomic E-state index is -3.49. The van der Waals surface area contributed by atoms with E-state index in [4.69, 9.17) is 0 Å². The molecule has 0 aliphatic carbocycles. The third-order valence-corrected chi connectivity index (χ3v) is 5.49. The van der Waals surface area contributed by atoms with Crippen LogP contribution in [0.5, 0.6) is 0 Å². The van der Waals surface area contributed by atoms with Crippen LogP contribution in [0.1, 0.15) is 33.1 Å². The second-order valence-corrected chi connectivity index (χ2v) is 7.73. The predicted molar refractivity (Wildman–Crippen MR) is 83.4 cm³/mol. The highest BCUT2D eigenvalue weighted by molar-refractivity contribution is 7.92. The molecule has 1 aromatic rings. The number of rotatable bonds is 4. The molecule has 6 heteroatoms. The number of hydrogen-bond acceptors (Lipinski definition) is 3. The Balaban J connectivity index is 2.54. The summed E-state index contributed by atoms with van der Waals surface area (Å²) < 4.78 is 39.8. The zero-order chi connectivity index (χ0) is 15.7. The number of anilines is 1. The lowest BCUT2D eigenvalue weighted by molar-refractivity contribution is 0.261. The summed E-state index contributed by atoms with van der Waals surface area (Å²) in [6, 6.07) is 6.07. The molecule has 0 radical (unpaired) electrons. The highest BCUT2D eigenvalue weighted by Gasteiger charge is 2.43. The van der Waals surface area contributed by atoms with Crippen molar-refractivity contribution < 1.29 is 12.8 Å². The fraction of sp³-hybridized carbons (Fsp3) is 0.600. The minimum absolute atomic E-state index is 0.233. The minimum Gasteiger partial charge on any atom is -0.314 e. The van der Waals surface area contributed by atoms with Crippen LogP contribution in [-0.4, -0.2) is 32.8 Å². The first-order valence-corrected chi connectivity index (χ1v) is 9.13. The lowest BCUT2D eigenvalue weighted by atomic mass is 9.82. The largest absolute Gasteiger partial charge is 0.314 e. The topological polar surface area (TPSA) is 49.4 Å². The molecule has 2 atom stereocenters. The van der Waals surface area contributed by atoms with E-state index in [9.17, 15) is 12.8 Å². The van der Waals surface area contributed by atoms with E-state index in [1.807, 2.05) is 6.92 Å². The lowest BCUT2D eigenvalue weighted by Crippen LogP contribution is -2.58. The fourth-order valence-electron chi connectivity index (χ4n) is 3.36. The first-order valence-electron chi connectivity index (χ1n) is 7.28. The van der Waals surface area contributed by atoms with Crippen LogP contribution in [-0.2, 0) is 10.0 Å². The molecule has 0 amide bonds. The Morgan fingerprint density at radius 2 is 2.19 bits per heavy atom. The normalized spacial score (nSPS) is 26.6. The Kier molecular flexibility index (Phi) is 4.58. The van der Waals surface area contributed by atoms with E-state index < -0.39 is 21.4 Å². The Labute approximate surface area is 126 Å². The van der Waals surface area contributed by atoms with Gasteiger partial charge in [-0.2, -0.15) is 0 Å². The molecule has 0 aromatic heterocycles. The SMILES string of the molecule is CCC1(N(c2cccc(F)c2)S(C)(=O)=O)CCNC(C)C1. The number of sulfonamides is 1. The van der Waals surface area contributed by atoms with Gasteiger partial charge in [-0.1, -0.05) is 13.0 Å². The van der Waals surface area contributed by atoms with Crippen LogP contribution < -0.4 is 9.62 Å². The average molecular weight is 314 g/mol. The second-order valence-electron chi connectivity index (χ2n) is 5.89. The summed E-state index contributed by atoms with van der Waals surface area (Å²) in [7, 11) is -3.49. The first kappa shape index (κ1) is 16.2. The van der Waals surface area contributed by atoms with Crippen LogP contribution in [0.2, 0.25) is 0 Å². The number of benzene rings is 1. The van der Waals surface area contributed by atoms with Crippen LogP contribution in [0, 0.1) is 5.82 Å². The van der Waals surface area contributed by atoms with Crippen LogP contribution in [0.3, 0.4) is 0 Å². The van der Waals surface area contributed by atoms with E-state index in [0.717, 1.165) is 13.0 Å². The third kappa shape index (κ3) is 3.37. The van der Waals surface area contributed by atoms with Gasteiger partial charge in [-0.3, -0.25) is 4.31 Å². The van der Waals surface area contributed by atoms with Crippen LogP contribution in [0.25, 0.3) is 0 Å². The van der Waals surface area contributed by atoms with Gasteiger partial charge in [-0.05, 0) is 50.9 Å². The number of nitrogens with zero attached hydrogens (tertiary/aromatic N) is 1. The van der Waals surface area contributed by atoms with Gasteiger partial charge in [0.25, 0.3) is 0 Å². The molecule has 1 fully saturated rings. The van der Waals surface area contributed by atoms with Crippen molar-refractivity contribution in [1.82, 2.24) is 5.32 Å². The summed E-state index contributed by atoms with van der Waals surface area (Å²) in [6.07, 6.45) is 3.33. The monoisotopic (exact) mass is 314 g/mol.